The van der Waals surface area contributed by atoms with Gasteiger partial charge in [-0.1, -0.05) is 195 Å². The molecule has 0 rings (SSSR count). The topological polar surface area (TPSA) is 61.8 Å². The fourth-order valence-corrected chi connectivity index (χ4v) is 6.74. The zero-order valence-electron chi connectivity index (χ0n) is 40.6. The highest BCUT2D eigenvalue weighted by atomic mass is 16.6. The van der Waals surface area contributed by atoms with Gasteiger partial charge in [0.25, 0.3) is 0 Å². The maximum atomic E-state index is 12.8. The number of unbranched alkanes of at least 4 members (excludes halogenated alkanes) is 19. The Morgan fingerprint density at radius 1 is 0.371 bits per heavy atom. The molecule has 0 saturated carbocycles. The number of allylic oxidation sites excluding steroid dienone is 16. The average Bonchev–Trinajstić information content (AvgIpc) is 3.27. The molecule has 62 heavy (non-hydrogen) atoms. The lowest BCUT2D eigenvalue weighted by Crippen LogP contribution is -2.30. The maximum Gasteiger partial charge on any atom is 0.306 e. The van der Waals surface area contributed by atoms with Crippen LogP contribution in [-0.4, -0.2) is 37.9 Å². The molecule has 0 aliphatic heterocycles. The van der Waals surface area contributed by atoms with E-state index in [1.165, 1.54) is 70.6 Å². The van der Waals surface area contributed by atoms with Gasteiger partial charge in [0.05, 0.1) is 6.61 Å². The fourth-order valence-electron chi connectivity index (χ4n) is 6.74. The molecule has 1 unspecified atom stereocenters. The van der Waals surface area contributed by atoms with Gasteiger partial charge in [-0.05, 0) is 116 Å². The summed E-state index contributed by atoms with van der Waals surface area (Å²) in [6.07, 6.45) is 69.8. The van der Waals surface area contributed by atoms with E-state index in [4.69, 9.17) is 14.2 Å². The first-order valence-electron chi connectivity index (χ1n) is 25.8. The quantitative estimate of drug-likeness (QED) is 0.0347. The van der Waals surface area contributed by atoms with Crippen molar-refractivity contribution in [3.8, 4) is 0 Å². The molecule has 1 atom stereocenters. The summed E-state index contributed by atoms with van der Waals surface area (Å²) in [5.74, 6) is -0.442. The predicted molar refractivity (Wildman–Crippen MR) is 270 cm³/mol. The van der Waals surface area contributed by atoms with Gasteiger partial charge in [-0.25, -0.2) is 0 Å². The van der Waals surface area contributed by atoms with E-state index in [1.807, 2.05) is 0 Å². The Morgan fingerprint density at radius 3 is 1.24 bits per heavy atom. The molecule has 0 aliphatic carbocycles. The molecule has 0 aromatic rings. The molecule has 0 radical (unpaired) electrons. The molecule has 0 saturated heterocycles. The Balaban J connectivity index is 4.35. The third-order valence-electron chi connectivity index (χ3n) is 10.6. The smallest absolute Gasteiger partial charge is 0.306 e. The number of hydrogen-bond acceptors (Lipinski definition) is 5. The lowest BCUT2D eigenvalue weighted by molar-refractivity contribution is -0.163. The number of ether oxygens (including phenoxy) is 3. The number of hydrogen-bond donors (Lipinski definition) is 0. The zero-order chi connectivity index (χ0) is 44.9. The van der Waals surface area contributed by atoms with Gasteiger partial charge in [0.15, 0.2) is 6.10 Å². The summed E-state index contributed by atoms with van der Waals surface area (Å²) in [6.45, 7) is 7.55. The van der Waals surface area contributed by atoms with Gasteiger partial charge in [0.2, 0.25) is 0 Å². The summed E-state index contributed by atoms with van der Waals surface area (Å²) in [5, 5.41) is 0. The first-order valence-corrected chi connectivity index (χ1v) is 25.8. The number of carbonyl (C=O) groups is 2. The number of esters is 2. The average molecular weight is 861 g/mol. The molecule has 0 N–H and O–H groups in total. The van der Waals surface area contributed by atoms with Crippen LogP contribution in [0.1, 0.15) is 226 Å². The van der Waals surface area contributed by atoms with Crippen molar-refractivity contribution in [1.29, 1.82) is 0 Å². The van der Waals surface area contributed by atoms with E-state index >= 15 is 0 Å². The van der Waals surface area contributed by atoms with Crippen LogP contribution in [0.15, 0.2) is 97.2 Å². The predicted octanol–water partition coefficient (Wildman–Crippen LogP) is 17.5. The van der Waals surface area contributed by atoms with Gasteiger partial charge in [0.1, 0.15) is 6.61 Å². The van der Waals surface area contributed by atoms with E-state index < -0.39 is 6.10 Å². The van der Waals surface area contributed by atoms with E-state index in [0.717, 1.165) is 122 Å². The molecular formula is C57H96O5. The summed E-state index contributed by atoms with van der Waals surface area (Å²) < 4.78 is 17.4. The van der Waals surface area contributed by atoms with E-state index in [0.29, 0.717) is 19.4 Å². The monoisotopic (exact) mass is 861 g/mol. The van der Waals surface area contributed by atoms with Crippen molar-refractivity contribution in [3.05, 3.63) is 97.2 Å². The van der Waals surface area contributed by atoms with Gasteiger partial charge >= 0.3 is 11.9 Å². The summed E-state index contributed by atoms with van der Waals surface area (Å²) in [6, 6.07) is 0. The third-order valence-corrected chi connectivity index (χ3v) is 10.6. The summed E-state index contributed by atoms with van der Waals surface area (Å²) in [7, 11) is 0. The van der Waals surface area contributed by atoms with Crippen molar-refractivity contribution < 1.29 is 23.8 Å². The van der Waals surface area contributed by atoms with Gasteiger partial charge in [-0.2, -0.15) is 0 Å². The van der Waals surface area contributed by atoms with Gasteiger partial charge in [-0.15, -0.1) is 0 Å². The minimum Gasteiger partial charge on any atom is -0.462 e. The highest BCUT2D eigenvalue weighted by molar-refractivity contribution is 5.70. The van der Waals surface area contributed by atoms with Crippen molar-refractivity contribution in [1.82, 2.24) is 0 Å². The van der Waals surface area contributed by atoms with Crippen molar-refractivity contribution in [3.63, 3.8) is 0 Å². The van der Waals surface area contributed by atoms with E-state index in [9.17, 15) is 9.59 Å². The molecule has 0 amide bonds. The summed E-state index contributed by atoms with van der Waals surface area (Å²) >= 11 is 0. The molecule has 0 aromatic carbocycles. The van der Waals surface area contributed by atoms with Crippen molar-refractivity contribution >= 4 is 11.9 Å². The van der Waals surface area contributed by atoms with Gasteiger partial charge in [0, 0.05) is 19.4 Å². The second-order valence-corrected chi connectivity index (χ2v) is 16.7. The molecule has 0 spiro atoms. The van der Waals surface area contributed by atoms with Crippen molar-refractivity contribution in [2.75, 3.05) is 19.8 Å². The van der Waals surface area contributed by atoms with Crippen molar-refractivity contribution in [2.45, 2.75) is 232 Å². The Hall–Kier alpha value is -3.18. The summed E-state index contributed by atoms with van der Waals surface area (Å²) in [4.78, 5) is 25.4. The molecule has 0 fully saturated rings. The van der Waals surface area contributed by atoms with Gasteiger partial charge in [-0.3, -0.25) is 9.59 Å². The fraction of sp³-hybridized carbons (Fsp3) is 0.684. The first kappa shape index (κ1) is 58.8. The van der Waals surface area contributed by atoms with Crippen LogP contribution in [0.2, 0.25) is 0 Å². The van der Waals surface area contributed by atoms with E-state index in [1.54, 1.807) is 0 Å². The highest BCUT2D eigenvalue weighted by Gasteiger charge is 2.17. The molecular weight excluding hydrogens is 765 g/mol. The Labute approximate surface area is 383 Å². The van der Waals surface area contributed by atoms with E-state index in [2.05, 4.69) is 118 Å². The molecule has 5 heteroatoms. The molecule has 354 valence electrons. The Bertz CT molecular complexity index is 1200. The normalized spacial score (nSPS) is 13.0. The standard InChI is InChI=1S/C57H96O5/c1-4-7-10-13-16-19-22-25-26-27-28-29-30-31-34-37-40-43-46-49-52-60-53-55(62-57(59)51-48-45-42-39-36-33-24-21-18-15-12-9-6-3)54-61-56(58)50-47-44-41-38-35-32-23-20-17-14-11-8-5-2/h7,10-11,14,16,19-21,23-26,28-29,31,34,55H,4-6,8-9,12-13,15,17-18,22,27,30,32-33,35-54H2,1-3H3/b10-7-,14-11-,19-16-,23-20-,24-21-,26-25-,29-28-,34-31-. The zero-order valence-corrected chi connectivity index (χ0v) is 40.6. The van der Waals surface area contributed by atoms with Crippen LogP contribution in [0.4, 0.5) is 0 Å². The van der Waals surface area contributed by atoms with Crippen LogP contribution < -0.4 is 0 Å². The van der Waals surface area contributed by atoms with E-state index in [-0.39, 0.29) is 25.2 Å². The van der Waals surface area contributed by atoms with Crippen molar-refractivity contribution in [2.24, 2.45) is 0 Å². The molecule has 0 aromatic heterocycles. The summed E-state index contributed by atoms with van der Waals surface area (Å²) in [5.41, 5.74) is 0. The largest absolute Gasteiger partial charge is 0.462 e. The second-order valence-electron chi connectivity index (χ2n) is 16.7. The van der Waals surface area contributed by atoms with Crippen LogP contribution in [0.3, 0.4) is 0 Å². The lowest BCUT2D eigenvalue weighted by Gasteiger charge is -2.18. The second kappa shape index (κ2) is 52.2. The highest BCUT2D eigenvalue weighted by Crippen LogP contribution is 2.13. The van der Waals surface area contributed by atoms with Gasteiger partial charge < -0.3 is 14.2 Å². The van der Waals surface area contributed by atoms with Crippen LogP contribution >= 0.6 is 0 Å². The minimum absolute atomic E-state index is 0.0594. The first-order chi connectivity index (χ1) is 30.6. The molecule has 0 bridgehead atoms. The molecule has 0 heterocycles. The Morgan fingerprint density at radius 2 is 0.758 bits per heavy atom. The van der Waals surface area contributed by atoms with Crippen LogP contribution in [-0.2, 0) is 23.8 Å². The molecule has 5 nitrogen and oxygen atoms in total. The number of rotatable bonds is 46. The lowest BCUT2D eigenvalue weighted by atomic mass is 10.1. The SMILES string of the molecule is CC/C=C\C/C=C\C/C=C\C/C=C\C/C=C\CCCCCCOCC(COC(=O)CCCCCCC/C=C\C/C=C\CCC)OC(=O)CCCCCCC/C=C\CCCCCC. The Kier molecular flexibility index (Phi) is 49.5. The third kappa shape index (κ3) is 49.5. The van der Waals surface area contributed by atoms with Crippen LogP contribution in [0.5, 0.6) is 0 Å². The maximum absolute atomic E-state index is 12.8. The molecule has 0 aliphatic rings. The number of carbonyl (C=O) groups excluding carboxylic acids is 2. The van der Waals surface area contributed by atoms with Crippen LogP contribution in [0, 0.1) is 0 Å². The van der Waals surface area contributed by atoms with Crippen LogP contribution in [0.25, 0.3) is 0 Å². The minimum atomic E-state index is -0.564.